The van der Waals surface area contributed by atoms with Crippen molar-refractivity contribution in [3.63, 3.8) is 0 Å². The van der Waals surface area contributed by atoms with Gasteiger partial charge in [-0.05, 0) is 38.5 Å². The van der Waals surface area contributed by atoms with Gasteiger partial charge >= 0.3 is 0 Å². The van der Waals surface area contributed by atoms with Gasteiger partial charge in [-0.1, -0.05) is 31.0 Å². The molecule has 1 N–H and O–H groups in total. The fraction of sp³-hybridized carbons (Fsp3) is 0.389. The van der Waals surface area contributed by atoms with Crippen molar-refractivity contribution in [1.29, 1.82) is 0 Å². The second-order valence-electron chi connectivity index (χ2n) is 5.79. The molecule has 0 spiro atoms. The van der Waals surface area contributed by atoms with E-state index in [-0.39, 0.29) is 5.91 Å². The molecule has 23 heavy (non-hydrogen) atoms. The third-order valence-corrected chi connectivity index (χ3v) is 3.57. The molecule has 0 saturated carbocycles. The number of anilines is 2. The number of amides is 1. The number of aryl methyl sites for hydroxylation is 2. The Balaban J connectivity index is 2.16. The Morgan fingerprint density at radius 1 is 1.17 bits per heavy atom. The van der Waals surface area contributed by atoms with Crippen molar-refractivity contribution in [2.45, 2.75) is 33.6 Å². The van der Waals surface area contributed by atoms with Gasteiger partial charge in [0, 0.05) is 25.0 Å². The maximum Gasteiger partial charge on any atom is 0.274 e. The molecule has 1 amide bonds. The van der Waals surface area contributed by atoms with E-state index < -0.39 is 0 Å². The van der Waals surface area contributed by atoms with Crippen LogP contribution >= 0.6 is 0 Å². The van der Waals surface area contributed by atoms with Crippen molar-refractivity contribution >= 4 is 17.5 Å². The van der Waals surface area contributed by atoms with E-state index in [4.69, 9.17) is 0 Å². The Labute approximate surface area is 137 Å². The SMILES string of the molecule is CCCCN(C)c1nc(C)cc(C(=O)Nc2ccc(C)cc2)n1. The van der Waals surface area contributed by atoms with Crippen molar-refractivity contribution < 1.29 is 4.79 Å². The highest BCUT2D eigenvalue weighted by Gasteiger charge is 2.13. The summed E-state index contributed by atoms with van der Waals surface area (Å²) >= 11 is 0. The Morgan fingerprint density at radius 2 is 1.87 bits per heavy atom. The first-order valence-electron chi connectivity index (χ1n) is 7.94. The normalized spacial score (nSPS) is 10.4. The fourth-order valence-electron chi connectivity index (χ4n) is 2.17. The standard InChI is InChI=1S/C18H24N4O/c1-5-6-11-22(4)18-19-14(3)12-16(21-18)17(23)20-15-9-7-13(2)8-10-15/h7-10,12H,5-6,11H2,1-4H3,(H,20,23). The lowest BCUT2D eigenvalue weighted by atomic mass is 10.2. The highest BCUT2D eigenvalue weighted by atomic mass is 16.1. The number of nitrogens with zero attached hydrogens (tertiary/aromatic N) is 3. The third-order valence-electron chi connectivity index (χ3n) is 3.57. The monoisotopic (exact) mass is 312 g/mol. The Bertz CT molecular complexity index is 667. The van der Waals surface area contributed by atoms with Gasteiger partial charge in [0.15, 0.2) is 0 Å². The van der Waals surface area contributed by atoms with Crippen LogP contribution in [0, 0.1) is 13.8 Å². The van der Waals surface area contributed by atoms with Crippen molar-refractivity contribution in [1.82, 2.24) is 9.97 Å². The van der Waals surface area contributed by atoms with E-state index in [2.05, 4.69) is 22.2 Å². The molecule has 5 heteroatoms. The zero-order chi connectivity index (χ0) is 16.8. The molecule has 2 aromatic rings. The number of nitrogens with one attached hydrogen (secondary N) is 1. The first-order valence-corrected chi connectivity index (χ1v) is 7.94. The maximum atomic E-state index is 12.4. The highest BCUT2D eigenvalue weighted by Crippen LogP contribution is 2.13. The van der Waals surface area contributed by atoms with Crippen LogP contribution in [-0.2, 0) is 0 Å². The highest BCUT2D eigenvalue weighted by molar-refractivity contribution is 6.03. The Hall–Kier alpha value is -2.43. The summed E-state index contributed by atoms with van der Waals surface area (Å²) in [5.41, 5.74) is 3.09. The maximum absolute atomic E-state index is 12.4. The lowest BCUT2D eigenvalue weighted by molar-refractivity contribution is 0.102. The van der Waals surface area contributed by atoms with Gasteiger partial charge in [0.2, 0.25) is 5.95 Å². The molecule has 0 radical (unpaired) electrons. The van der Waals surface area contributed by atoms with E-state index in [1.807, 2.05) is 50.1 Å². The van der Waals surface area contributed by atoms with Crippen LogP contribution in [-0.4, -0.2) is 29.5 Å². The van der Waals surface area contributed by atoms with Crippen LogP contribution in [0.5, 0.6) is 0 Å². The van der Waals surface area contributed by atoms with E-state index in [1.165, 1.54) is 0 Å². The minimum atomic E-state index is -0.218. The zero-order valence-corrected chi connectivity index (χ0v) is 14.3. The summed E-state index contributed by atoms with van der Waals surface area (Å²) in [6, 6.07) is 9.40. The van der Waals surface area contributed by atoms with Gasteiger partial charge in [0.1, 0.15) is 5.69 Å². The van der Waals surface area contributed by atoms with E-state index >= 15 is 0 Å². The summed E-state index contributed by atoms with van der Waals surface area (Å²) < 4.78 is 0. The summed E-state index contributed by atoms with van der Waals surface area (Å²) in [4.78, 5) is 23.2. The van der Waals surface area contributed by atoms with Crippen LogP contribution in [0.4, 0.5) is 11.6 Å². The molecule has 1 heterocycles. The first-order chi connectivity index (χ1) is 11.0. The summed E-state index contributed by atoms with van der Waals surface area (Å²) in [5, 5.41) is 2.87. The molecule has 5 nitrogen and oxygen atoms in total. The minimum absolute atomic E-state index is 0.218. The average molecular weight is 312 g/mol. The van der Waals surface area contributed by atoms with Crippen LogP contribution < -0.4 is 10.2 Å². The summed E-state index contributed by atoms with van der Waals surface area (Å²) in [5.74, 6) is 0.372. The quantitative estimate of drug-likeness (QED) is 0.885. The van der Waals surface area contributed by atoms with Crippen molar-refractivity contribution in [3.05, 3.63) is 47.3 Å². The number of benzene rings is 1. The molecular formula is C18H24N4O. The number of rotatable bonds is 6. The number of carbonyl (C=O) groups excluding carboxylic acids is 1. The second-order valence-corrected chi connectivity index (χ2v) is 5.79. The topological polar surface area (TPSA) is 58.1 Å². The largest absolute Gasteiger partial charge is 0.344 e. The molecule has 0 unspecified atom stereocenters. The second kappa shape index (κ2) is 7.72. The lowest BCUT2D eigenvalue weighted by Gasteiger charge is -2.17. The van der Waals surface area contributed by atoms with E-state index in [9.17, 15) is 4.79 Å². The van der Waals surface area contributed by atoms with Gasteiger partial charge in [0.25, 0.3) is 5.91 Å². The Morgan fingerprint density at radius 3 is 2.52 bits per heavy atom. The molecule has 0 aliphatic heterocycles. The lowest BCUT2D eigenvalue weighted by Crippen LogP contribution is -2.23. The van der Waals surface area contributed by atoms with Crippen molar-refractivity contribution in [2.24, 2.45) is 0 Å². The molecule has 0 bridgehead atoms. The van der Waals surface area contributed by atoms with Gasteiger partial charge in [-0.15, -0.1) is 0 Å². The smallest absolute Gasteiger partial charge is 0.274 e. The van der Waals surface area contributed by atoms with E-state index in [0.717, 1.165) is 36.3 Å². The molecule has 122 valence electrons. The van der Waals surface area contributed by atoms with E-state index in [1.54, 1.807) is 6.07 Å². The average Bonchev–Trinajstić information content (AvgIpc) is 2.54. The molecular weight excluding hydrogens is 288 g/mol. The van der Waals surface area contributed by atoms with Crippen LogP contribution in [0.3, 0.4) is 0 Å². The van der Waals surface area contributed by atoms with Crippen molar-refractivity contribution in [2.75, 3.05) is 23.8 Å². The number of hydrogen-bond acceptors (Lipinski definition) is 4. The summed E-state index contributed by atoms with van der Waals surface area (Å²) in [6.07, 6.45) is 2.18. The van der Waals surface area contributed by atoms with E-state index in [0.29, 0.717) is 11.6 Å². The van der Waals surface area contributed by atoms with Crippen LogP contribution in [0.2, 0.25) is 0 Å². The number of carbonyl (C=O) groups is 1. The molecule has 0 aliphatic carbocycles. The van der Waals surface area contributed by atoms with Gasteiger partial charge in [-0.3, -0.25) is 4.79 Å². The van der Waals surface area contributed by atoms with Gasteiger partial charge in [-0.25, -0.2) is 9.97 Å². The van der Waals surface area contributed by atoms with Crippen molar-refractivity contribution in [3.8, 4) is 0 Å². The number of hydrogen-bond donors (Lipinski definition) is 1. The summed E-state index contributed by atoms with van der Waals surface area (Å²) in [7, 11) is 1.95. The molecule has 2 rings (SSSR count). The van der Waals surface area contributed by atoms with Crippen LogP contribution in [0.25, 0.3) is 0 Å². The molecule has 0 fully saturated rings. The first kappa shape index (κ1) is 16.9. The fourth-order valence-corrected chi connectivity index (χ4v) is 2.17. The van der Waals surface area contributed by atoms with Gasteiger partial charge < -0.3 is 10.2 Å². The predicted octanol–water partition coefficient (Wildman–Crippen LogP) is 3.58. The van der Waals surface area contributed by atoms with Crippen LogP contribution in [0.15, 0.2) is 30.3 Å². The molecule has 0 aliphatic rings. The van der Waals surface area contributed by atoms with Gasteiger partial charge in [-0.2, -0.15) is 0 Å². The number of unbranched alkanes of at least 4 members (excludes halogenated alkanes) is 1. The summed E-state index contributed by atoms with van der Waals surface area (Å²) in [6.45, 7) is 6.91. The number of aromatic nitrogens is 2. The molecule has 1 aromatic heterocycles. The minimum Gasteiger partial charge on any atom is -0.344 e. The molecule has 0 atom stereocenters. The van der Waals surface area contributed by atoms with Gasteiger partial charge in [0.05, 0.1) is 0 Å². The molecule has 1 aromatic carbocycles. The van der Waals surface area contributed by atoms with Crippen LogP contribution in [0.1, 0.15) is 41.5 Å². The zero-order valence-electron chi connectivity index (χ0n) is 14.3. The predicted molar refractivity (Wildman–Crippen MR) is 94.1 cm³/mol. The molecule has 0 saturated heterocycles. The Kier molecular flexibility index (Phi) is 5.68. The third kappa shape index (κ3) is 4.77.